The maximum absolute atomic E-state index is 12.2. The maximum atomic E-state index is 12.2. The molecule has 1 amide bonds. The van der Waals surface area contributed by atoms with Crippen LogP contribution < -0.4 is 0 Å². The zero-order valence-electron chi connectivity index (χ0n) is 9.17. The largest absolute Gasteiger partial charge is 0.333 e. The first-order valence-electron chi connectivity index (χ1n) is 5.52. The highest BCUT2D eigenvalue weighted by atomic mass is 32.1. The summed E-state index contributed by atoms with van der Waals surface area (Å²) in [4.78, 5) is 16.4. The summed E-state index contributed by atoms with van der Waals surface area (Å²) in [5.74, 6) is 0.706. The van der Waals surface area contributed by atoms with E-state index in [-0.39, 0.29) is 5.91 Å². The molecule has 0 unspecified atom stereocenters. The first-order chi connectivity index (χ1) is 7.75. The van der Waals surface area contributed by atoms with Gasteiger partial charge in [0.15, 0.2) is 5.69 Å². The third-order valence-corrected chi connectivity index (χ3v) is 4.07. The van der Waals surface area contributed by atoms with Crippen molar-refractivity contribution in [3.05, 3.63) is 11.1 Å². The zero-order chi connectivity index (χ0) is 11.1. The molecule has 1 aromatic rings. The van der Waals surface area contributed by atoms with Crippen LogP contribution in [0.2, 0.25) is 0 Å². The summed E-state index contributed by atoms with van der Waals surface area (Å²) in [6, 6.07) is 0.388. The molecule has 0 N–H and O–H groups in total. The van der Waals surface area contributed by atoms with Gasteiger partial charge in [-0.25, -0.2) is 0 Å². The van der Waals surface area contributed by atoms with Crippen LogP contribution in [-0.2, 0) is 0 Å². The SMILES string of the molecule is CN1C[C@@H]2CCN(C(=O)c3csnn3)[C@@H]2C1. The number of carbonyl (C=O) groups is 1. The van der Waals surface area contributed by atoms with Gasteiger partial charge in [-0.2, -0.15) is 0 Å². The Kier molecular flexibility index (Phi) is 2.40. The molecule has 0 spiro atoms. The fraction of sp³-hybridized carbons (Fsp3) is 0.700. The van der Waals surface area contributed by atoms with Gasteiger partial charge in [0.2, 0.25) is 0 Å². The van der Waals surface area contributed by atoms with Gasteiger partial charge < -0.3 is 9.80 Å². The number of aromatic nitrogens is 2. The van der Waals surface area contributed by atoms with Crippen molar-refractivity contribution in [1.29, 1.82) is 0 Å². The van der Waals surface area contributed by atoms with E-state index in [1.54, 1.807) is 5.38 Å². The lowest BCUT2D eigenvalue weighted by Gasteiger charge is -2.23. The molecule has 86 valence electrons. The highest BCUT2D eigenvalue weighted by Gasteiger charge is 2.42. The van der Waals surface area contributed by atoms with E-state index in [1.807, 2.05) is 4.90 Å². The number of amides is 1. The third-order valence-electron chi connectivity index (χ3n) is 3.57. The number of fused-ring (bicyclic) bond motifs is 1. The molecule has 2 atom stereocenters. The predicted octanol–water partition coefficient (Wildman–Crippen LogP) is 0.314. The lowest BCUT2D eigenvalue weighted by atomic mass is 10.1. The van der Waals surface area contributed by atoms with Gasteiger partial charge >= 0.3 is 0 Å². The van der Waals surface area contributed by atoms with E-state index in [1.165, 1.54) is 11.5 Å². The number of likely N-dealkylation sites (N-methyl/N-ethyl adjacent to an activating group) is 1. The molecule has 2 saturated heterocycles. The van der Waals surface area contributed by atoms with Crippen molar-refractivity contribution < 1.29 is 4.79 Å². The number of likely N-dealkylation sites (tertiary alicyclic amines) is 2. The first kappa shape index (κ1) is 10.2. The van der Waals surface area contributed by atoms with Gasteiger partial charge in [-0.05, 0) is 30.9 Å². The lowest BCUT2D eigenvalue weighted by Crippen LogP contribution is -2.39. The van der Waals surface area contributed by atoms with Gasteiger partial charge in [0, 0.05) is 31.1 Å². The Morgan fingerprint density at radius 2 is 2.44 bits per heavy atom. The smallest absolute Gasteiger partial charge is 0.275 e. The van der Waals surface area contributed by atoms with Crippen molar-refractivity contribution in [2.75, 3.05) is 26.7 Å². The van der Waals surface area contributed by atoms with Crippen LogP contribution in [0.5, 0.6) is 0 Å². The van der Waals surface area contributed by atoms with E-state index in [9.17, 15) is 4.79 Å². The molecule has 1 aromatic heterocycles. The van der Waals surface area contributed by atoms with E-state index in [0.29, 0.717) is 17.7 Å². The van der Waals surface area contributed by atoms with Crippen molar-refractivity contribution in [2.45, 2.75) is 12.5 Å². The molecule has 0 saturated carbocycles. The second-order valence-electron chi connectivity index (χ2n) is 4.63. The molecule has 0 radical (unpaired) electrons. The Morgan fingerprint density at radius 3 is 3.19 bits per heavy atom. The van der Waals surface area contributed by atoms with Crippen molar-refractivity contribution >= 4 is 17.4 Å². The lowest BCUT2D eigenvalue weighted by molar-refractivity contribution is 0.0723. The summed E-state index contributed by atoms with van der Waals surface area (Å²) < 4.78 is 3.75. The van der Waals surface area contributed by atoms with Crippen LogP contribution in [-0.4, -0.2) is 58.0 Å². The number of hydrogen-bond acceptors (Lipinski definition) is 5. The normalized spacial score (nSPS) is 29.7. The minimum Gasteiger partial charge on any atom is -0.333 e. The standard InChI is InChI=1S/C10H14N4OS/c1-13-4-7-2-3-14(9(7)5-13)10(15)8-6-16-12-11-8/h6-7,9H,2-5H2,1H3/t7-,9+/m0/s1. The molecule has 2 aliphatic heterocycles. The van der Waals surface area contributed by atoms with Crippen LogP contribution in [0.1, 0.15) is 16.9 Å². The summed E-state index contributed by atoms with van der Waals surface area (Å²) in [6.07, 6.45) is 1.12. The minimum absolute atomic E-state index is 0.0524. The van der Waals surface area contributed by atoms with Crippen LogP contribution in [0.25, 0.3) is 0 Å². The topological polar surface area (TPSA) is 49.3 Å². The molecule has 2 fully saturated rings. The van der Waals surface area contributed by atoms with E-state index < -0.39 is 0 Å². The Bertz CT molecular complexity index is 394. The molecule has 0 aromatic carbocycles. The quantitative estimate of drug-likeness (QED) is 0.707. The molecular formula is C10H14N4OS. The molecule has 16 heavy (non-hydrogen) atoms. The van der Waals surface area contributed by atoms with Crippen LogP contribution in [0, 0.1) is 5.92 Å². The summed E-state index contributed by atoms with van der Waals surface area (Å²) in [6.45, 7) is 2.98. The summed E-state index contributed by atoms with van der Waals surface area (Å²) in [7, 11) is 2.12. The van der Waals surface area contributed by atoms with E-state index >= 15 is 0 Å². The first-order valence-corrected chi connectivity index (χ1v) is 6.36. The van der Waals surface area contributed by atoms with Gasteiger partial charge in [0.25, 0.3) is 5.91 Å². The average molecular weight is 238 g/mol. The van der Waals surface area contributed by atoms with E-state index in [0.717, 1.165) is 26.1 Å². The molecule has 6 heteroatoms. The highest BCUT2D eigenvalue weighted by molar-refractivity contribution is 7.03. The van der Waals surface area contributed by atoms with E-state index in [4.69, 9.17) is 0 Å². The fourth-order valence-electron chi connectivity index (χ4n) is 2.83. The van der Waals surface area contributed by atoms with Crippen LogP contribution >= 0.6 is 11.5 Å². The number of carbonyl (C=O) groups excluding carboxylic acids is 1. The number of hydrogen-bond donors (Lipinski definition) is 0. The zero-order valence-corrected chi connectivity index (χ0v) is 9.98. The van der Waals surface area contributed by atoms with Gasteiger partial charge in [0.05, 0.1) is 0 Å². The fourth-order valence-corrected chi connectivity index (χ4v) is 3.26. The number of rotatable bonds is 1. The van der Waals surface area contributed by atoms with Crippen LogP contribution in [0.3, 0.4) is 0 Å². The Hall–Kier alpha value is -1.01. The summed E-state index contributed by atoms with van der Waals surface area (Å²) in [5, 5.41) is 5.59. The predicted molar refractivity (Wildman–Crippen MR) is 60.3 cm³/mol. The Balaban J connectivity index is 1.79. The molecule has 0 aliphatic carbocycles. The number of nitrogens with zero attached hydrogens (tertiary/aromatic N) is 4. The molecule has 3 rings (SSSR count). The molecule has 5 nitrogen and oxygen atoms in total. The second kappa shape index (κ2) is 3.78. The van der Waals surface area contributed by atoms with Gasteiger partial charge in [0.1, 0.15) is 0 Å². The van der Waals surface area contributed by atoms with Crippen LogP contribution in [0.4, 0.5) is 0 Å². The summed E-state index contributed by atoms with van der Waals surface area (Å²) >= 11 is 1.23. The molecular weight excluding hydrogens is 224 g/mol. The van der Waals surface area contributed by atoms with Crippen molar-refractivity contribution in [2.24, 2.45) is 5.92 Å². The van der Waals surface area contributed by atoms with Gasteiger partial charge in [-0.1, -0.05) is 4.49 Å². The minimum atomic E-state index is 0.0524. The molecule has 0 bridgehead atoms. The Morgan fingerprint density at radius 1 is 1.56 bits per heavy atom. The monoisotopic (exact) mass is 238 g/mol. The highest BCUT2D eigenvalue weighted by Crippen LogP contribution is 2.31. The Labute approximate surface area is 98.2 Å². The average Bonchev–Trinajstić information content (AvgIpc) is 2.90. The maximum Gasteiger partial charge on any atom is 0.275 e. The van der Waals surface area contributed by atoms with Gasteiger partial charge in [-0.15, -0.1) is 5.10 Å². The second-order valence-corrected chi connectivity index (χ2v) is 5.24. The van der Waals surface area contributed by atoms with E-state index in [2.05, 4.69) is 21.5 Å². The van der Waals surface area contributed by atoms with Crippen molar-refractivity contribution in [3.8, 4) is 0 Å². The molecule has 3 heterocycles. The van der Waals surface area contributed by atoms with Gasteiger partial charge in [-0.3, -0.25) is 4.79 Å². The third kappa shape index (κ3) is 1.53. The van der Waals surface area contributed by atoms with Crippen molar-refractivity contribution in [1.82, 2.24) is 19.4 Å². The molecule has 2 aliphatic rings. The van der Waals surface area contributed by atoms with Crippen LogP contribution in [0.15, 0.2) is 5.38 Å². The van der Waals surface area contributed by atoms with Crippen molar-refractivity contribution in [3.63, 3.8) is 0 Å². The summed E-state index contributed by atoms with van der Waals surface area (Å²) in [5.41, 5.74) is 0.500.